The molecular weight excluding hydrogens is 212 g/mol. The summed E-state index contributed by atoms with van der Waals surface area (Å²) in [5.74, 6) is 0. The van der Waals surface area contributed by atoms with Gasteiger partial charge in [0.2, 0.25) is 0 Å². The summed E-state index contributed by atoms with van der Waals surface area (Å²) in [6.45, 7) is 0. The monoisotopic (exact) mass is 228 g/mol. The van der Waals surface area contributed by atoms with Gasteiger partial charge in [-0.25, -0.2) is 0 Å². The number of benzene rings is 1. The van der Waals surface area contributed by atoms with Crippen LogP contribution in [0.1, 0.15) is 0 Å². The zero-order valence-corrected chi connectivity index (χ0v) is 18.1. The summed E-state index contributed by atoms with van der Waals surface area (Å²) in [6.07, 6.45) is 0. The normalized spacial score (nSPS) is 11.6. The smallest absolute Gasteiger partial charge is 0.0382 e. The summed E-state index contributed by atoms with van der Waals surface area (Å²) in [7, 11) is 6.39. The van der Waals surface area contributed by atoms with Crippen molar-refractivity contribution >= 4 is 77.1 Å². The molecule has 0 N–H and O–H groups in total. The van der Waals surface area contributed by atoms with Crippen LogP contribution < -0.4 is 25.9 Å². The van der Waals surface area contributed by atoms with Gasteiger partial charge in [0.05, 0.1) is 0 Å². The molecule has 0 unspecified atom stereocenters. The first kappa shape index (κ1) is 9.39. The zero-order valence-electron chi connectivity index (χ0n) is 8.08. The summed E-state index contributed by atoms with van der Waals surface area (Å²) in [4.78, 5) is 0. The predicted octanol–water partition coefficient (Wildman–Crippen LogP) is -8.36. The van der Waals surface area contributed by atoms with Gasteiger partial charge in [0.15, 0.2) is 0 Å². The van der Waals surface area contributed by atoms with Crippen molar-refractivity contribution < 1.29 is 0 Å². The van der Waals surface area contributed by atoms with Gasteiger partial charge in [0.1, 0.15) is 0 Å². The van der Waals surface area contributed by atoms with E-state index in [0.717, 1.165) is 0 Å². The second kappa shape index (κ2) is 3.36. The molecule has 1 aromatic rings. The third-order valence-corrected chi connectivity index (χ3v) is 13.4. The Morgan fingerprint density at radius 2 is 1.00 bits per heavy atom. The van der Waals surface area contributed by atoms with Crippen molar-refractivity contribution in [3.05, 3.63) is 6.07 Å². The molecule has 0 saturated carbocycles. The van der Waals surface area contributed by atoms with Crippen LogP contribution in [-0.4, -0.2) is 51.2 Å². The van der Waals surface area contributed by atoms with Crippen molar-refractivity contribution in [2.24, 2.45) is 0 Å². The van der Waals surface area contributed by atoms with Gasteiger partial charge in [0, 0.05) is 51.2 Å². The van der Waals surface area contributed by atoms with E-state index in [4.69, 9.17) is 0 Å². The van der Waals surface area contributed by atoms with E-state index in [9.17, 15) is 0 Å². The molecule has 0 nitrogen and oxygen atoms in total. The van der Waals surface area contributed by atoms with Gasteiger partial charge in [-0.1, -0.05) is 32.0 Å². The van der Waals surface area contributed by atoms with Crippen LogP contribution in [0.4, 0.5) is 0 Å². The van der Waals surface area contributed by atoms with E-state index in [1.807, 2.05) is 0 Å². The van der Waals surface area contributed by atoms with Crippen LogP contribution in [0, 0.1) is 0 Å². The summed E-state index contributed by atoms with van der Waals surface area (Å²) in [6, 6.07) is 2.48. The topological polar surface area (TPSA) is 0 Å². The lowest BCUT2D eigenvalue weighted by Gasteiger charge is -2.11. The predicted molar refractivity (Wildman–Crippen MR) is 74.3 cm³/mol. The molecule has 0 aliphatic rings. The van der Waals surface area contributed by atoms with Crippen molar-refractivity contribution in [1.82, 2.24) is 0 Å². The molecule has 0 bridgehead atoms. The average molecular weight is 229 g/mol. The molecule has 0 radical (unpaired) electrons. The van der Waals surface area contributed by atoms with E-state index >= 15 is 0 Å². The van der Waals surface area contributed by atoms with Gasteiger partial charge in [-0.15, -0.1) is 0 Å². The molecule has 60 valence electrons. The van der Waals surface area contributed by atoms with Crippen molar-refractivity contribution in [1.29, 1.82) is 0 Å². The summed E-state index contributed by atoms with van der Waals surface area (Å²) in [5.41, 5.74) is 0. The first-order valence-corrected chi connectivity index (χ1v) is 9.08. The van der Waals surface area contributed by atoms with Crippen LogP contribution in [0.15, 0.2) is 6.07 Å². The van der Waals surface area contributed by atoms with Crippen LogP contribution in [0.2, 0.25) is 0 Å². The molecule has 0 amide bonds. The average Bonchev–Trinajstić information content (AvgIpc) is 1.97. The molecule has 0 aromatic heterocycles. The minimum Gasteiger partial charge on any atom is -0.0745 e. The largest absolute Gasteiger partial charge is 0.0745 e. The maximum Gasteiger partial charge on any atom is 0.0382 e. The van der Waals surface area contributed by atoms with Crippen molar-refractivity contribution in [2.75, 3.05) is 0 Å². The molecule has 0 spiro atoms. The first-order valence-electron chi connectivity index (χ1n) is 4.08. The molecule has 0 aliphatic heterocycles. The van der Waals surface area contributed by atoms with Gasteiger partial charge in [0.25, 0.3) is 0 Å². The zero-order chi connectivity index (χ0) is 8.59. The molecule has 1 aromatic carbocycles. The van der Waals surface area contributed by atoms with Gasteiger partial charge in [-0.05, 0) is 0 Å². The van der Waals surface area contributed by atoms with Gasteiger partial charge in [-0.3, -0.25) is 0 Å². The van der Waals surface area contributed by atoms with E-state index in [-0.39, 0.29) is 0 Å². The fraction of sp³-hybridized carbons (Fsp3) is 0. The maximum atomic E-state index is 2.48. The molecule has 0 atom stereocenters. The molecule has 5 heteroatoms. The highest BCUT2D eigenvalue weighted by molar-refractivity contribution is 6.66. The van der Waals surface area contributed by atoms with E-state index in [2.05, 4.69) is 6.07 Å². The van der Waals surface area contributed by atoms with E-state index < -0.39 is 0 Å². The standard InChI is InChI=1S/C6H16Si5/c7-2-1-3(8)5(10)6(11)4(2)9/h1H,7-11H3. The van der Waals surface area contributed by atoms with E-state index in [1.54, 1.807) is 25.9 Å². The van der Waals surface area contributed by atoms with Crippen LogP contribution in [0.25, 0.3) is 0 Å². The lowest BCUT2D eigenvalue weighted by molar-refractivity contribution is 2.05. The SMILES string of the molecule is [SiH3]c1cc([SiH3])c([SiH3])c([SiH3])c1[SiH3]. The lowest BCUT2D eigenvalue weighted by Crippen LogP contribution is -2.53. The Kier molecular flexibility index (Phi) is 2.87. The lowest BCUT2D eigenvalue weighted by atomic mass is 10.3. The van der Waals surface area contributed by atoms with Gasteiger partial charge in [-0.2, -0.15) is 0 Å². The number of hydrogen-bond donors (Lipinski definition) is 0. The molecule has 0 saturated heterocycles. The summed E-state index contributed by atoms with van der Waals surface area (Å²) < 4.78 is 0. The Labute approximate surface area is 83.3 Å². The number of hydrogen-bond acceptors (Lipinski definition) is 0. The highest BCUT2D eigenvalue weighted by Gasteiger charge is 2.01. The van der Waals surface area contributed by atoms with E-state index in [1.165, 1.54) is 51.2 Å². The first-order chi connectivity index (χ1) is 5.04. The summed E-state index contributed by atoms with van der Waals surface area (Å²) >= 11 is 0. The second-order valence-corrected chi connectivity index (χ2v) is 8.54. The molecule has 0 heterocycles. The van der Waals surface area contributed by atoms with Crippen LogP contribution in [0.5, 0.6) is 0 Å². The Morgan fingerprint density at radius 1 is 0.636 bits per heavy atom. The second-order valence-electron chi connectivity index (χ2n) is 3.39. The quantitative estimate of drug-likeness (QED) is 0.387. The third kappa shape index (κ3) is 1.72. The molecule has 0 fully saturated rings. The molecule has 1 rings (SSSR count). The maximum absolute atomic E-state index is 2.48. The number of rotatable bonds is 0. The summed E-state index contributed by atoms with van der Waals surface area (Å²) in [5, 5.41) is 8.69. The van der Waals surface area contributed by atoms with Gasteiger partial charge < -0.3 is 0 Å². The molecular formula is C6H16Si5. The fourth-order valence-corrected chi connectivity index (χ4v) is 6.93. The fourth-order valence-electron chi connectivity index (χ4n) is 1.41. The van der Waals surface area contributed by atoms with Gasteiger partial charge >= 0.3 is 0 Å². The molecule has 0 aliphatic carbocycles. The Bertz CT molecular complexity index is 267. The van der Waals surface area contributed by atoms with Crippen molar-refractivity contribution in [3.8, 4) is 0 Å². The van der Waals surface area contributed by atoms with Crippen LogP contribution in [-0.2, 0) is 0 Å². The third-order valence-electron chi connectivity index (χ3n) is 2.74. The Morgan fingerprint density at radius 3 is 1.36 bits per heavy atom. The Balaban J connectivity index is 3.46. The highest BCUT2D eigenvalue weighted by atomic mass is 28.2. The minimum atomic E-state index is 1.27. The van der Waals surface area contributed by atoms with Crippen LogP contribution >= 0.6 is 0 Å². The molecule has 11 heavy (non-hydrogen) atoms. The van der Waals surface area contributed by atoms with E-state index in [0.29, 0.717) is 0 Å². The Hall–Kier alpha value is 0.304. The highest BCUT2D eigenvalue weighted by Crippen LogP contribution is 1.63. The van der Waals surface area contributed by atoms with Crippen molar-refractivity contribution in [2.45, 2.75) is 0 Å². The van der Waals surface area contributed by atoms with Crippen LogP contribution in [0.3, 0.4) is 0 Å². The van der Waals surface area contributed by atoms with Crippen molar-refractivity contribution in [3.63, 3.8) is 0 Å². The minimum absolute atomic E-state index is 1.27.